The summed E-state index contributed by atoms with van der Waals surface area (Å²) >= 11 is 0. The maximum absolute atomic E-state index is 12.6. The van der Waals surface area contributed by atoms with Gasteiger partial charge < -0.3 is 10.0 Å². The van der Waals surface area contributed by atoms with Gasteiger partial charge in [0.1, 0.15) is 11.3 Å². The van der Waals surface area contributed by atoms with Crippen molar-refractivity contribution in [2.45, 2.75) is 45.1 Å². The number of aromatic nitrogens is 3. The third-order valence-electron chi connectivity index (χ3n) is 4.82. The Balaban J connectivity index is 1.62. The fraction of sp³-hybridized carbons (Fsp3) is 0.500. The fourth-order valence-electron chi connectivity index (χ4n) is 3.41. The zero-order chi connectivity index (χ0) is 17.2. The lowest BCUT2D eigenvalue weighted by Crippen LogP contribution is -2.48. The molecule has 0 unspecified atom stereocenters. The van der Waals surface area contributed by atoms with Gasteiger partial charge in [0.25, 0.3) is 0 Å². The Hall–Kier alpha value is -2.21. The summed E-state index contributed by atoms with van der Waals surface area (Å²) in [5.41, 5.74) is 3.07. The van der Waals surface area contributed by atoms with Crippen LogP contribution in [-0.4, -0.2) is 44.4 Å². The molecule has 1 aliphatic heterocycles. The molecule has 1 aromatic heterocycles. The molecule has 0 bridgehead atoms. The van der Waals surface area contributed by atoms with Crippen molar-refractivity contribution in [1.29, 1.82) is 0 Å². The Morgan fingerprint density at radius 3 is 2.96 bits per heavy atom. The number of likely N-dealkylation sites (tertiary alicyclic amines) is 1. The maximum atomic E-state index is 12.6. The number of aryl methyl sites for hydroxylation is 3. The molecule has 1 saturated heterocycles. The molecule has 3 rings (SSSR count). The van der Waals surface area contributed by atoms with E-state index in [1.54, 1.807) is 4.90 Å². The predicted octanol–water partition coefficient (Wildman–Crippen LogP) is 1.86. The first-order valence-corrected chi connectivity index (χ1v) is 8.40. The summed E-state index contributed by atoms with van der Waals surface area (Å²) in [6.07, 6.45) is 4.07. The molecule has 1 aliphatic rings. The minimum Gasteiger partial charge on any atom is -0.382 e. The van der Waals surface area contributed by atoms with E-state index in [4.69, 9.17) is 0 Å². The number of H-pyrrole nitrogens is 1. The van der Waals surface area contributed by atoms with Crippen LogP contribution in [0.25, 0.3) is 0 Å². The van der Waals surface area contributed by atoms with Crippen molar-refractivity contribution in [3.8, 4) is 0 Å². The Morgan fingerprint density at radius 1 is 1.42 bits per heavy atom. The summed E-state index contributed by atoms with van der Waals surface area (Å²) in [5, 5.41) is 21.1. The maximum Gasteiger partial charge on any atom is 0.223 e. The van der Waals surface area contributed by atoms with Gasteiger partial charge in [-0.3, -0.25) is 4.79 Å². The van der Waals surface area contributed by atoms with Crippen LogP contribution in [0.15, 0.2) is 24.4 Å². The van der Waals surface area contributed by atoms with Gasteiger partial charge in [-0.25, -0.2) is 0 Å². The zero-order valence-electron chi connectivity index (χ0n) is 14.2. The number of amides is 1. The number of aromatic amines is 1. The molecule has 1 amide bonds. The number of carbonyl (C=O) groups is 1. The molecule has 0 saturated carbocycles. The van der Waals surface area contributed by atoms with Crippen molar-refractivity contribution in [3.05, 3.63) is 46.8 Å². The average molecular weight is 328 g/mol. The van der Waals surface area contributed by atoms with E-state index in [9.17, 15) is 9.90 Å². The number of β-amino-alcohol motifs (C(OH)–C–C–N with tert-alkyl or cyclic N) is 1. The molecule has 6 nitrogen and oxygen atoms in total. The molecular formula is C18H24N4O2. The zero-order valence-corrected chi connectivity index (χ0v) is 14.2. The number of hydrogen-bond donors (Lipinski definition) is 2. The highest BCUT2D eigenvalue weighted by atomic mass is 16.3. The van der Waals surface area contributed by atoms with Crippen molar-refractivity contribution in [3.63, 3.8) is 0 Å². The molecule has 0 spiro atoms. The Bertz CT molecular complexity index is 714. The van der Waals surface area contributed by atoms with Gasteiger partial charge in [0, 0.05) is 13.0 Å². The van der Waals surface area contributed by atoms with Gasteiger partial charge in [0.05, 0.1) is 12.7 Å². The van der Waals surface area contributed by atoms with Crippen LogP contribution in [0.5, 0.6) is 0 Å². The Kier molecular flexibility index (Phi) is 4.66. The number of nitrogens with zero attached hydrogens (tertiary/aromatic N) is 3. The number of nitrogens with one attached hydrogen (secondary N) is 1. The molecule has 0 radical (unpaired) electrons. The van der Waals surface area contributed by atoms with Crippen LogP contribution < -0.4 is 0 Å². The molecule has 1 aromatic carbocycles. The Morgan fingerprint density at radius 2 is 2.25 bits per heavy atom. The van der Waals surface area contributed by atoms with Gasteiger partial charge in [-0.05, 0) is 44.2 Å². The lowest BCUT2D eigenvalue weighted by molar-refractivity contribution is -0.139. The normalized spacial score (nSPS) is 21.0. The molecule has 2 heterocycles. The minimum absolute atomic E-state index is 0.0802. The molecule has 1 fully saturated rings. The lowest BCUT2D eigenvalue weighted by Gasteiger charge is -2.38. The average Bonchev–Trinajstić information content (AvgIpc) is 3.09. The summed E-state index contributed by atoms with van der Waals surface area (Å²) in [4.78, 5) is 14.3. The first-order valence-electron chi connectivity index (χ1n) is 8.40. The third kappa shape index (κ3) is 3.48. The lowest BCUT2D eigenvalue weighted by atomic mass is 9.89. The highest BCUT2D eigenvalue weighted by molar-refractivity contribution is 5.76. The summed E-state index contributed by atoms with van der Waals surface area (Å²) in [5.74, 6) is 0.0802. The first-order chi connectivity index (χ1) is 11.5. The number of hydrogen-bond acceptors (Lipinski definition) is 4. The number of aliphatic hydroxyl groups is 1. The molecule has 24 heavy (non-hydrogen) atoms. The van der Waals surface area contributed by atoms with E-state index in [1.165, 1.54) is 22.9 Å². The standard InChI is InChI=1S/C18H24N4O2/c1-13-4-5-15(14(2)10-13)6-7-17(23)22-9-3-8-18(24,12-22)16-11-19-21-20-16/h4-5,10-11,24H,3,6-9,12H2,1-2H3,(H,19,20,21)/t18-/m0/s1. The molecule has 1 atom stereocenters. The summed E-state index contributed by atoms with van der Waals surface area (Å²) in [7, 11) is 0. The first kappa shape index (κ1) is 16.6. The van der Waals surface area contributed by atoms with Crippen LogP contribution in [0, 0.1) is 13.8 Å². The molecule has 128 valence electrons. The number of carbonyl (C=O) groups excluding carboxylic acids is 1. The summed E-state index contributed by atoms with van der Waals surface area (Å²) < 4.78 is 0. The fourth-order valence-corrected chi connectivity index (χ4v) is 3.41. The van der Waals surface area contributed by atoms with Crippen LogP contribution in [0.1, 0.15) is 41.6 Å². The molecule has 2 aromatic rings. The molecule has 2 N–H and O–H groups in total. The van der Waals surface area contributed by atoms with E-state index in [-0.39, 0.29) is 12.5 Å². The van der Waals surface area contributed by atoms with Gasteiger partial charge in [-0.2, -0.15) is 15.4 Å². The second-order valence-corrected chi connectivity index (χ2v) is 6.74. The van der Waals surface area contributed by atoms with E-state index in [0.29, 0.717) is 25.1 Å². The van der Waals surface area contributed by atoms with Crippen LogP contribution in [-0.2, 0) is 16.8 Å². The van der Waals surface area contributed by atoms with Gasteiger partial charge in [0.2, 0.25) is 5.91 Å². The van der Waals surface area contributed by atoms with E-state index in [0.717, 1.165) is 12.8 Å². The third-order valence-corrected chi connectivity index (χ3v) is 4.82. The SMILES string of the molecule is Cc1ccc(CCC(=O)N2CCC[C@@](O)(c3cn[nH]n3)C2)c(C)c1. The monoisotopic (exact) mass is 328 g/mol. The van der Waals surface area contributed by atoms with Crippen LogP contribution in [0.2, 0.25) is 0 Å². The van der Waals surface area contributed by atoms with E-state index in [1.807, 2.05) is 0 Å². The van der Waals surface area contributed by atoms with Crippen molar-refractivity contribution < 1.29 is 9.90 Å². The molecular weight excluding hydrogens is 304 g/mol. The minimum atomic E-state index is -1.10. The van der Waals surface area contributed by atoms with E-state index < -0.39 is 5.60 Å². The summed E-state index contributed by atoms with van der Waals surface area (Å²) in [6.45, 7) is 5.12. The van der Waals surface area contributed by atoms with Gasteiger partial charge >= 0.3 is 0 Å². The molecule has 6 heteroatoms. The van der Waals surface area contributed by atoms with Crippen LogP contribution >= 0.6 is 0 Å². The quantitative estimate of drug-likeness (QED) is 0.897. The van der Waals surface area contributed by atoms with Crippen molar-refractivity contribution in [2.75, 3.05) is 13.1 Å². The van der Waals surface area contributed by atoms with Crippen molar-refractivity contribution in [1.82, 2.24) is 20.3 Å². The number of rotatable bonds is 4. The highest BCUT2D eigenvalue weighted by Crippen LogP contribution is 2.30. The predicted molar refractivity (Wildman–Crippen MR) is 90.3 cm³/mol. The number of benzene rings is 1. The van der Waals surface area contributed by atoms with E-state index in [2.05, 4.69) is 47.5 Å². The van der Waals surface area contributed by atoms with Gasteiger partial charge in [-0.1, -0.05) is 23.8 Å². The van der Waals surface area contributed by atoms with Crippen molar-refractivity contribution in [2.24, 2.45) is 0 Å². The van der Waals surface area contributed by atoms with Crippen LogP contribution in [0.4, 0.5) is 0 Å². The second kappa shape index (κ2) is 6.73. The van der Waals surface area contributed by atoms with Crippen LogP contribution in [0.3, 0.4) is 0 Å². The van der Waals surface area contributed by atoms with Gasteiger partial charge in [-0.15, -0.1) is 0 Å². The molecule has 0 aliphatic carbocycles. The Labute approximate surface area is 141 Å². The smallest absolute Gasteiger partial charge is 0.223 e. The second-order valence-electron chi connectivity index (χ2n) is 6.74. The van der Waals surface area contributed by atoms with Gasteiger partial charge in [0.15, 0.2) is 0 Å². The number of piperidine rings is 1. The van der Waals surface area contributed by atoms with Crippen molar-refractivity contribution >= 4 is 5.91 Å². The summed E-state index contributed by atoms with van der Waals surface area (Å²) in [6, 6.07) is 6.32. The largest absolute Gasteiger partial charge is 0.382 e. The topological polar surface area (TPSA) is 82.1 Å². The highest BCUT2D eigenvalue weighted by Gasteiger charge is 2.38. The van der Waals surface area contributed by atoms with E-state index >= 15 is 0 Å².